The van der Waals surface area contributed by atoms with Crippen molar-refractivity contribution in [2.24, 2.45) is 0 Å². The number of aromatic nitrogens is 2. The number of hydrogen-bond donors (Lipinski definition) is 1. The molecule has 0 spiro atoms. The molecule has 10 nitrogen and oxygen atoms in total. The summed E-state index contributed by atoms with van der Waals surface area (Å²) in [5.74, 6) is 0.784. The largest absolute Gasteiger partial charge is 0.544 e. The molecule has 0 atom stereocenters. The van der Waals surface area contributed by atoms with Crippen LogP contribution >= 0.6 is 0 Å². The summed E-state index contributed by atoms with van der Waals surface area (Å²) in [5, 5.41) is 20.8. The molecular weight excluding hydrogens is 420 g/mol. The number of non-ortho nitro benzene ring substituents is 1. The van der Waals surface area contributed by atoms with Gasteiger partial charge in [0.1, 0.15) is 12.4 Å². The van der Waals surface area contributed by atoms with E-state index in [-0.39, 0.29) is 34.1 Å². The average molecular weight is 445 g/mol. The van der Waals surface area contributed by atoms with Gasteiger partial charge in [-0.05, 0) is 52.2 Å². The summed E-state index contributed by atoms with van der Waals surface area (Å²) >= 11 is 0. The van der Waals surface area contributed by atoms with E-state index in [1.807, 2.05) is 24.3 Å². The minimum absolute atomic E-state index is 0.0411. The fourth-order valence-corrected chi connectivity index (χ4v) is 3.53. The summed E-state index contributed by atoms with van der Waals surface area (Å²) in [6.07, 6.45) is -0.736. The van der Waals surface area contributed by atoms with Crippen LogP contribution in [0.5, 0.6) is 5.75 Å². The number of amides is 1. The number of carbonyl (C=O) groups is 1. The zero-order valence-corrected chi connectivity index (χ0v) is 19.0. The molecule has 0 unspecified atom stereocenters. The Bertz CT molecular complexity index is 1110. The van der Waals surface area contributed by atoms with Gasteiger partial charge >= 0.3 is 11.8 Å². The molecule has 1 aromatic heterocycles. The molecule has 1 heterocycles. The van der Waals surface area contributed by atoms with Gasteiger partial charge in [0.25, 0.3) is 0 Å². The minimum atomic E-state index is -1.93. The number of fused-ring (bicyclic) bond motifs is 1. The van der Waals surface area contributed by atoms with Crippen molar-refractivity contribution in [3.05, 3.63) is 52.1 Å². The molecule has 0 fully saturated rings. The molecule has 0 bridgehead atoms. The van der Waals surface area contributed by atoms with Gasteiger partial charge in [-0.1, -0.05) is 32.9 Å². The van der Waals surface area contributed by atoms with Crippen molar-refractivity contribution < 1.29 is 23.5 Å². The summed E-state index contributed by atoms with van der Waals surface area (Å²) in [7, 11) is -1.93. The van der Waals surface area contributed by atoms with E-state index in [1.165, 1.54) is 12.1 Å². The molecule has 0 aliphatic heterocycles. The monoisotopic (exact) mass is 444 g/mol. The Morgan fingerprint density at radius 1 is 1.13 bits per heavy atom. The first-order valence-electron chi connectivity index (χ1n) is 9.59. The maximum absolute atomic E-state index is 12.2. The SMILES string of the molecule is CC(C)(C)[Si](C)(C)Oc1ccc(COC(=O)Nc2ccc([N+](=O)[O-])c3nonc23)cc1. The second kappa shape index (κ2) is 8.34. The predicted octanol–water partition coefficient (Wildman–Crippen LogP) is 5.26. The maximum Gasteiger partial charge on any atom is 0.412 e. The minimum Gasteiger partial charge on any atom is -0.544 e. The fraction of sp³-hybridized carbons (Fsp3) is 0.350. The molecule has 0 aliphatic carbocycles. The number of ether oxygens (including phenoxy) is 1. The van der Waals surface area contributed by atoms with E-state index in [2.05, 4.69) is 54.1 Å². The number of benzene rings is 2. The van der Waals surface area contributed by atoms with E-state index in [9.17, 15) is 14.9 Å². The molecule has 0 saturated carbocycles. The normalized spacial score (nSPS) is 11.9. The van der Waals surface area contributed by atoms with Crippen LogP contribution < -0.4 is 9.74 Å². The highest BCUT2D eigenvalue weighted by atomic mass is 28.4. The number of nitro benzene ring substituents is 1. The number of rotatable bonds is 6. The van der Waals surface area contributed by atoms with Gasteiger partial charge < -0.3 is 9.16 Å². The number of hydrogen-bond acceptors (Lipinski definition) is 8. The number of nitro groups is 1. The molecule has 0 radical (unpaired) electrons. The van der Waals surface area contributed by atoms with Crippen LogP contribution in [0.4, 0.5) is 16.2 Å². The van der Waals surface area contributed by atoms with E-state index in [0.717, 1.165) is 11.3 Å². The summed E-state index contributed by atoms with van der Waals surface area (Å²) < 4.78 is 16.0. The smallest absolute Gasteiger partial charge is 0.412 e. The third-order valence-corrected chi connectivity index (χ3v) is 9.66. The van der Waals surface area contributed by atoms with Crippen molar-refractivity contribution in [1.82, 2.24) is 10.3 Å². The molecule has 164 valence electrons. The molecule has 11 heteroatoms. The van der Waals surface area contributed by atoms with E-state index in [0.29, 0.717) is 0 Å². The second-order valence-corrected chi connectivity index (χ2v) is 13.3. The van der Waals surface area contributed by atoms with Crippen LogP contribution in [0.1, 0.15) is 26.3 Å². The molecule has 1 amide bonds. The van der Waals surface area contributed by atoms with E-state index >= 15 is 0 Å². The van der Waals surface area contributed by atoms with Gasteiger partial charge in [-0.25, -0.2) is 9.42 Å². The lowest BCUT2D eigenvalue weighted by Crippen LogP contribution is -2.43. The van der Waals surface area contributed by atoms with Gasteiger partial charge in [0, 0.05) is 6.07 Å². The number of nitrogens with one attached hydrogen (secondary N) is 1. The standard InChI is InChI=1S/C20H24N4O6Si/c1-20(2,3)31(4,5)29-14-8-6-13(7-9-14)12-28-19(25)21-15-10-11-16(24(26)27)18-17(15)22-30-23-18/h6-11H,12H2,1-5H3,(H,21,25). The maximum atomic E-state index is 12.2. The Balaban J connectivity index is 1.61. The van der Waals surface area contributed by atoms with Gasteiger partial charge in [0.15, 0.2) is 5.52 Å². The van der Waals surface area contributed by atoms with Crippen molar-refractivity contribution in [1.29, 1.82) is 0 Å². The van der Waals surface area contributed by atoms with Crippen LogP contribution in [0.25, 0.3) is 11.0 Å². The number of nitrogens with zero attached hydrogens (tertiary/aromatic N) is 3. The van der Waals surface area contributed by atoms with Gasteiger partial charge in [-0.3, -0.25) is 15.4 Å². The van der Waals surface area contributed by atoms with Crippen LogP contribution in [0.2, 0.25) is 18.1 Å². The first kappa shape index (κ1) is 22.2. The Morgan fingerprint density at radius 3 is 2.39 bits per heavy atom. The summed E-state index contributed by atoms with van der Waals surface area (Å²) in [4.78, 5) is 22.6. The lowest BCUT2D eigenvalue weighted by atomic mass is 10.2. The predicted molar refractivity (Wildman–Crippen MR) is 117 cm³/mol. The molecule has 3 rings (SSSR count). The van der Waals surface area contributed by atoms with Crippen molar-refractivity contribution >= 4 is 36.8 Å². The van der Waals surface area contributed by atoms with Gasteiger partial charge in [0.05, 0.1) is 10.6 Å². The van der Waals surface area contributed by atoms with Crippen molar-refractivity contribution in [3.8, 4) is 5.75 Å². The number of anilines is 1. The Kier molecular flexibility index (Phi) is 5.98. The Hall–Kier alpha value is -3.47. The van der Waals surface area contributed by atoms with Crippen molar-refractivity contribution in [3.63, 3.8) is 0 Å². The van der Waals surface area contributed by atoms with Gasteiger partial charge in [-0.15, -0.1) is 0 Å². The van der Waals surface area contributed by atoms with Crippen LogP contribution in [0.3, 0.4) is 0 Å². The first-order chi connectivity index (χ1) is 14.5. The molecule has 31 heavy (non-hydrogen) atoms. The average Bonchev–Trinajstić information content (AvgIpc) is 3.16. The van der Waals surface area contributed by atoms with E-state index < -0.39 is 19.3 Å². The quantitative estimate of drug-likeness (QED) is 0.309. The first-order valence-corrected chi connectivity index (χ1v) is 12.5. The van der Waals surface area contributed by atoms with Crippen LogP contribution in [-0.2, 0) is 11.3 Å². The third kappa shape index (κ3) is 4.99. The summed E-state index contributed by atoms with van der Waals surface area (Å²) in [5.41, 5.74) is 0.730. The molecule has 0 aliphatic rings. The highest BCUT2D eigenvalue weighted by Crippen LogP contribution is 2.37. The molecule has 1 N–H and O–H groups in total. The lowest BCUT2D eigenvalue weighted by Gasteiger charge is -2.36. The molecule has 0 saturated heterocycles. The van der Waals surface area contributed by atoms with Gasteiger partial charge in [0.2, 0.25) is 13.8 Å². The fourth-order valence-electron chi connectivity index (χ4n) is 2.50. The third-order valence-electron chi connectivity index (χ3n) is 5.30. The zero-order valence-electron chi connectivity index (χ0n) is 18.0. The summed E-state index contributed by atoms with van der Waals surface area (Å²) in [6, 6.07) is 9.95. The molecule has 2 aromatic carbocycles. The second-order valence-electron chi connectivity index (χ2n) is 8.56. The zero-order chi connectivity index (χ0) is 22.8. The van der Waals surface area contributed by atoms with Crippen molar-refractivity contribution in [2.75, 3.05) is 5.32 Å². The molecular formula is C20H24N4O6Si. The van der Waals surface area contributed by atoms with Crippen LogP contribution in [0, 0.1) is 10.1 Å². The number of carbonyl (C=O) groups excluding carboxylic acids is 1. The van der Waals surface area contributed by atoms with E-state index in [1.54, 1.807) is 0 Å². The van der Waals surface area contributed by atoms with Gasteiger partial charge in [-0.2, -0.15) is 0 Å². The van der Waals surface area contributed by atoms with E-state index in [4.69, 9.17) is 9.16 Å². The lowest BCUT2D eigenvalue weighted by molar-refractivity contribution is -0.383. The highest BCUT2D eigenvalue weighted by Gasteiger charge is 2.38. The highest BCUT2D eigenvalue weighted by molar-refractivity contribution is 6.74. The molecule has 3 aromatic rings. The summed E-state index contributed by atoms with van der Waals surface area (Å²) in [6.45, 7) is 10.9. The Morgan fingerprint density at radius 2 is 1.77 bits per heavy atom. The van der Waals surface area contributed by atoms with Crippen LogP contribution in [0.15, 0.2) is 41.0 Å². The Labute approximate surface area is 179 Å². The topological polar surface area (TPSA) is 130 Å². The van der Waals surface area contributed by atoms with Crippen LogP contribution in [-0.4, -0.2) is 29.6 Å². The van der Waals surface area contributed by atoms with Crippen molar-refractivity contribution in [2.45, 2.75) is 45.5 Å².